The van der Waals surface area contributed by atoms with Crippen LogP contribution in [0.4, 0.5) is 0 Å². The van der Waals surface area contributed by atoms with Gasteiger partial charge in [-0.1, -0.05) is 19.9 Å². The molecular formula is C15H20O4S. The summed E-state index contributed by atoms with van der Waals surface area (Å²) in [4.78, 5) is 0. The number of fused-ring (bicyclic) bond motifs is 1. The minimum atomic E-state index is -2.97. The highest BCUT2D eigenvalue weighted by Crippen LogP contribution is 2.41. The van der Waals surface area contributed by atoms with Crippen LogP contribution in [-0.4, -0.2) is 31.6 Å². The summed E-state index contributed by atoms with van der Waals surface area (Å²) in [5.41, 5.74) is 1.83. The molecule has 0 radical (unpaired) electrons. The molecule has 20 heavy (non-hydrogen) atoms. The van der Waals surface area contributed by atoms with E-state index in [1.165, 1.54) is 0 Å². The second-order valence-corrected chi connectivity index (χ2v) is 8.76. The molecule has 0 amide bonds. The van der Waals surface area contributed by atoms with Crippen molar-refractivity contribution in [1.29, 1.82) is 0 Å². The standard InChI is InChI=1S/C15H20O4S/c1-15(2)9-19-13-4-3-10(7-12(13)15)14(16)11-5-6-20(17,18)8-11/h3-4,7,11,14,16H,5-6,8-9H2,1-2H3. The van der Waals surface area contributed by atoms with Gasteiger partial charge in [0.1, 0.15) is 5.75 Å². The van der Waals surface area contributed by atoms with Crippen LogP contribution in [0, 0.1) is 5.92 Å². The Morgan fingerprint density at radius 2 is 2.15 bits per heavy atom. The van der Waals surface area contributed by atoms with E-state index in [0.717, 1.165) is 16.9 Å². The van der Waals surface area contributed by atoms with Gasteiger partial charge in [0, 0.05) is 16.9 Å². The van der Waals surface area contributed by atoms with Gasteiger partial charge < -0.3 is 9.84 Å². The van der Waals surface area contributed by atoms with Crippen molar-refractivity contribution >= 4 is 9.84 Å². The maximum absolute atomic E-state index is 11.5. The fraction of sp³-hybridized carbons (Fsp3) is 0.600. The van der Waals surface area contributed by atoms with Gasteiger partial charge in [-0.05, 0) is 24.1 Å². The van der Waals surface area contributed by atoms with Gasteiger partial charge in [0.2, 0.25) is 0 Å². The van der Waals surface area contributed by atoms with Gasteiger partial charge in [0.05, 0.1) is 24.2 Å². The molecule has 110 valence electrons. The van der Waals surface area contributed by atoms with E-state index in [-0.39, 0.29) is 22.8 Å². The Hall–Kier alpha value is -1.07. The highest BCUT2D eigenvalue weighted by atomic mass is 32.2. The largest absolute Gasteiger partial charge is 0.492 e. The van der Waals surface area contributed by atoms with E-state index in [9.17, 15) is 13.5 Å². The Labute approximate surface area is 119 Å². The molecule has 0 aliphatic carbocycles. The van der Waals surface area contributed by atoms with Crippen molar-refractivity contribution in [3.63, 3.8) is 0 Å². The molecule has 2 heterocycles. The Morgan fingerprint density at radius 3 is 2.80 bits per heavy atom. The summed E-state index contributed by atoms with van der Waals surface area (Å²) < 4.78 is 28.7. The Kier molecular flexibility index (Phi) is 3.10. The van der Waals surface area contributed by atoms with Gasteiger partial charge in [-0.25, -0.2) is 8.42 Å². The van der Waals surface area contributed by atoms with Crippen LogP contribution in [0.1, 0.15) is 37.5 Å². The smallest absolute Gasteiger partial charge is 0.150 e. The summed E-state index contributed by atoms with van der Waals surface area (Å²) in [6.45, 7) is 4.85. The van der Waals surface area contributed by atoms with E-state index in [1.807, 2.05) is 18.2 Å². The first-order valence-electron chi connectivity index (χ1n) is 6.94. The highest BCUT2D eigenvalue weighted by molar-refractivity contribution is 7.91. The molecule has 1 saturated heterocycles. The fourth-order valence-electron chi connectivity index (χ4n) is 3.07. The Morgan fingerprint density at radius 1 is 1.40 bits per heavy atom. The van der Waals surface area contributed by atoms with Crippen molar-refractivity contribution in [3.8, 4) is 5.75 Å². The molecule has 1 N–H and O–H groups in total. The van der Waals surface area contributed by atoms with Crippen LogP contribution in [0.5, 0.6) is 5.75 Å². The molecule has 4 nitrogen and oxygen atoms in total. The van der Waals surface area contributed by atoms with Gasteiger partial charge in [-0.3, -0.25) is 0 Å². The predicted octanol–water partition coefficient (Wildman–Crippen LogP) is 1.82. The lowest BCUT2D eigenvalue weighted by atomic mass is 9.84. The molecular weight excluding hydrogens is 276 g/mol. The summed E-state index contributed by atoms with van der Waals surface area (Å²) in [6, 6.07) is 5.69. The molecule has 1 fully saturated rings. The van der Waals surface area contributed by atoms with Crippen molar-refractivity contribution in [2.75, 3.05) is 18.1 Å². The zero-order chi connectivity index (χ0) is 14.5. The quantitative estimate of drug-likeness (QED) is 0.904. The van der Waals surface area contributed by atoms with Crippen LogP contribution >= 0.6 is 0 Å². The van der Waals surface area contributed by atoms with Gasteiger partial charge in [0.25, 0.3) is 0 Å². The first-order chi connectivity index (χ1) is 9.28. The Balaban J connectivity index is 1.89. The third-order valence-corrected chi connectivity index (χ3v) is 6.17. The molecule has 0 spiro atoms. The Bertz CT molecular complexity index is 633. The zero-order valence-electron chi connectivity index (χ0n) is 11.8. The molecule has 2 aliphatic heterocycles. The van der Waals surface area contributed by atoms with Crippen LogP contribution in [-0.2, 0) is 15.3 Å². The van der Waals surface area contributed by atoms with Gasteiger partial charge in [-0.2, -0.15) is 0 Å². The van der Waals surface area contributed by atoms with E-state index in [4.69, 9.17) is 4.74 Å². The average molecular weight is 296 g/mol. The van der Waals surface area contributed by atoms with Crippen molar-refractivity contribution < 1.29 is 18.3 Å². The van der Waals surface area contributed by atoms with Crippen LogP contribution in [0.25, 0.3) is 0 Å². The summed E-state index contributed by atoms with van der Waals surface area (Å²) >= 11 is 0. The molecule has 5 heteroatoms. The first kappa shape index (κ1) is 13.9. The molecule has 2 unspecified atom stereocenters. The number of rotatable bonds is 2. The van der Waals surface area contributed by atoms with Gasteiger partial charge in [-0.15, -0.1) is 0 Å². The second kappa shape index (κ2) is 4.46. The van der Waals surface area contributed by atoms with Crippen LogP contribution < -0.4 is 4.74 Å². The lowest BCUT2D eigenvalue weighted by Gasteiger charge is -2.20. The van der Waals surface area contributed by atoms with E-state index >= 15 is 0 Å². The van der Waals surface area contributed by atoms with Crippen LogP contribution in [0.3, 0.4) is 0 Å². The van der Waals surface area contributed by atoms with Crippen molar-refractivity contribution in [3.05, 3.63) is 29.3 Å². The molecule has 2 aliphatic rings. The van der Waals surface area contributed by atoms with E-state index in [1.54, 1.807) is 0 Å². The first-order valence-corrected chi connectivity index (χ1v) is 8.76. The molecule has 3 rings (SSSR count). The number of aliphatic hydroxyl groups excluding tert-OH is 1. The molecule has 1 aromatic carbocycles. The van der Waals surface area contributed by atoms with E-state index < -0.39 is 15.9 Å². The molecule has 0 aromatic heterocycles. The maximum atomic E-state index is 11.5. The number of benzene rings is 1. The van der Waals surface area contributed by atoms with Gasteiger partial charge >= 0.3 is 0 Å². The van der Waals surface area contributed by atoms with Crippen molar-refractivity contribution in [1.82, 2.24) is 0 Å². The number of sulfone groups is 1. The molecule has 0 saturated carbocycles. The highest BCUT2D eigenvalue weighted by Gasteiger charge is 2.36. The lowest BCUT2D eigenvalue weighted by Crippen LogP contribution is -2.19. The third kappa shape index (κ3) is 2.33. The number of hydrogen-bond acceptors (Lipinski definition) is 4. The topological polar surface area (TPSA) is 63.6 Å². The fourth-order valence-corrected chi connectivity index (χ4v) is 4.90. The third-order valence-electron chi connectivity index (χ3n) is 4.38. The summed E-state index contributed by atoms with van der Waals surface area (Å²) in [6.07, 6.45) is -0.172. The number of ether oxygens (including phenoxy) is 1. The van der Waals surface area contributed by atoms with Crippen molar-refractivity contribution in [2.45, 2.75) is 31.8 Å². The van der Waals surface area contributed by atoms with Crippen LogP contribution in [0.15, 0.2) is 18.2 Å². The zero-order valence-corrected chi connectivity index (χ0v) is 12.6. The maximum Gasteiger partial charge on any atom is 0.150 e. The SMILES string of the molecule is CC1(C)COc2ccc(C(O)C3CCS(=O)(=O)C3)cc21. The molecule has 0 bridgehead atoms. The average Bonchev–Trinajstić information content (AvgIpc) is 2.89. The second-order valence-electron chi connectivity index (χ2n) is 6.54. The lowest BCUT2D eigenvalue weighted by molar-refractivity contribution is 0.121. The van der Waals surface area contributed by atoms with Crippen LogP contribution in [0.2, 0.25) is 0 Å². The predicted molar refractivity (Wildman–Crippen MR) is 76.7 cm³/mol. The minimum Gasteiger partial charge on any atom is -0.492 e. The van der Waals surface area contributed by atoms with E-state index in [0.29, 0.717) is 13.0 Å². The number of aliphatic hydroxyl groups is 1. The normalized spacial score (nSPS) is 27.9. The number of hydrogen-bond donors (Lipinski definition) is 1. The molecule has 2 atom stereocenters. The summed E-state index contributed by atoms with van der Waals surface area (Å²) in [7, 11) is -2.97. The summed E-state index contributed by atoms with van der Waals surface area (Å²) in [5.74, 6) is 0.952. The summed E-state index contributed by atoms with van der Waals surface area (Å²) in [5, 5.41) is 10.4. The monoisotopic (exact) mass is 296 g/mol. The van der Waals surface area contributed by atoms with Crippen molar-refractivity contribution in [2.24, 2.45) is 5.92 Å². The molecule has 1 aromatic rings. The van der Waals surface area contributed by atoms with E-state index in [2.05, 4.69) is 13.8 Å². The van der Waals surface area contributed by atoms with Gasteiger partial charge in [0.15, 0.2) is 9.84 Å². The minimum absolute atomic E-state index is 0.0627.